The second kappa shape index (κ2) is 4.82. The van der Waals surface area contributed by atoms with Crippen LogP contribution in [-0.4, -0.2) is 20.8 Å². The molecule has 1 aromatic rings. The predicted octanol–water partition coefficient (Wildman–Crippen LogP) is 2.61. The Bertz CT molecular complexity index is 314. The molecule has 3 nitrogen and oxygen atoms in total. The molecule has 0 amide bonds. The van der Waals surface area contributed by atoms with Gasteiger partial charge in [-0.1, -0.05) is 0 Å². The lowest BCUT2D eigenvalue weighted by molar-refractivity contribution is -0.0526. The van der Waals surface area contributed by atoms with E-state index in [9.17, 15) is 8.78 Å². The number of hydrogen-bond donors (Lipinski definition) is 0. The molecule has 0 radical (unpaired) electrons. The van der Waals surface area contributed by atoms with Gasteiger partial charge in [-0.15, -0.1) is 0 Å². The molecule has 0 bridgehead atoms. The first-order valence-corrected chi connectivity index (χ1v) is 4.26. The number of methoxy groups -OCH3 is 2. The molecule has 0 fully saturated rings. The Balaban J connectivity index is 3.18. The van der Waals surface area contributed by atoms with Gasteiger partial charge in [0.15, 0.2) is 11.5 Å². The minimum Gasteiger partial charge on any atom is -0.493 e. The second-order valence-corrected chi connectivity index (χ2v) is 2.88. The highest BCUT2D eigenvalue weighted by molar-refractivity contribution is 5.53. The fourth-order valence-corrected chi connectivity index (χ4v) is 1.22. The van der Waals surface area contributed by atoms with Crippen molar-refractivity contribution >= 4 is 0 Å². The first kappa shape index (κ1) is 11.6. The normalized spacial score (nSPS) is 10.3. The van der Waals surface area contributed by atoms with E-state index in [0.717, 1.165) is 5.56 Å². The smallest absolute Gasteiger partial charge is 0.387 e. The molecular formula is C10H12F2O3. The van der Waals surface area contributed by atoms with E-state index in [1.807, 2.05) is 0 Å². The highest BCUT2D eigenvalue weighted by atomic mass is 19.3. The molecule has 0 unspecified atom stereocenters. The standard InChI is InChI=1S/C10H12F2O3/c1-6-4-7(13-2)9(15-10(11)12)8(5-6)14-3/h4-5,10H,1-3H3. The van der Waals surface area contributed by atoms with Crippen molar-refractivity contribution < 1.29 is 23.0 Å². The fourth-order valence-electron chi connectivity index (χ4n) is 1.22. The molecule has 0 aliphatic heterocycles. The van der Waals surface area contributed by atoms with Crippen molar-refractivity contribution in [2.75, 3.05) is 14.2 Å². The predicted molar refractivity (Wildman–Crippen MR) is 50.9 cm³/mol. The van der Waals surface area contributed by atoms with E-state index in [-0.39, 0.29) is 17.2 Å². The lowest BCUT2D eigenvalue weighted by Crippen LogP contribution is -2.05. The summed E-state index contributed by atoms with van der Waals surface area (Å²) in [7, 11) is 2.76. The molecule has 0 aliphatic carbocycles. The van der Waals surface area contributed by atoms with Crippen molar-refractivity contribution in [1.29, 1.82) is 0 Å². The molecular weight excluding hydrogens is 206 g/mol. The average Bonchev–Trinajstić information content (AvgIpc) is 2.19. The topological polar surface area (TPSA) is 27.7 Å². The van der Waals surface area contributed by atoms with E-state index in [4.69, 9.17) is 9.47 Å². The summed E-state index contributed by atoms with van der Waals surface area (Å²) in [4.78, 5) is 0. The molecule has 84 valence electrons. The minimum atomic E-state index is -2.91. The highest BCUT2D eigenvalue weighted by Crippen LogP contribution is 2.39. The van der Waals surface area contributed by atoms with Gasteiger partial charge >= 0.3 is 6.61 Å². The van der Waals surface area contributed by atoms with Crippen LogP contribution >= 0.6 is 0 Å². The van der Waals surface area contributed by atoms with Crippen molar-refractivity contribution in [3.63, 3.8) is 0 Å². The molecule has 1 rings (SSSR count). The monoisotopic (exact) mass is 218 g/mol. The summed E-state index contributed by atoms with van der Waals surface area (Å²) in [6.45, 7) is -1.10. The van der Waals surface area contributed by atoms with E-state index in [1.165, 1.54) is 14.2 Å². The van der Waals surface area contributed by atoms with Gasteiger partial charge in [0.1, 0.15) is 0 Å². The summed E-state index contributed by atoms with van der Waals surface area (Å²) >= 11 is 0. The molecule has 0 saturated carbocycles. The molecule has 0 saturated heterocycles. The molecule has 0 N–H and O–H groups in total. The zero-order valence-corrected chi connectivity index (χ0v) is 8.71. The fraction of sp³-hybridized carbons (Fsp3) is 0.400. The Morgan fingerprint density at radius 1 is 1.07 bits per heavy atom. The minimum absolute atomic E-state index is 0.0828. The molecule has 15 heavy (non-hydrogen) atoms. The van der Waals surface area contributed by atoms with Crippen molar-refractivity contribution in [2.24, 2.45) is 0 Å². The lowest BCUT2D eigenvalue weighted by atomic mass is 10.2. The van der Waals surface area contributed by atoms with Crippen LogP contribution in [0.3, 0.4) is 0 Å². The van der Waals surface area contributed by atoms with Gasteiger partial charge in [-0.05, 0) is 24.6 Å². The van der Waals surface area contributed by atoms with Gasteiger partial charge in [0.05, 0.1) is 14.2 Å². The third-order valence-corrected chi connectivity index (χ3v) is 1.81. The summed E-state index contributed by atoms with van der Waals surface area (Å²) in [6, 6.07) is 3.19. The summed E-state index contributed by atoms with van der Waals surface area (Å²) in [6.07, 6.45) is 0. The van der Waals surface area contributed by atoms with Crippen LogP contribution in [0.15, 0.2) is 12.1 Å². The number of ether oxygens (including phenoxy) is 3. The molecule has 1 aromatic carbocycles. The summed E-state index contributed by atoms with van der Waals surface area (Å²) in [5.74, 6) is 0.375. The highest BCUT2D eigenvalue weighted by Gasteiger charge is 2.16. The van der Waals surface area contributed by atoms with E-state index in [1.54, 1.807) is 19.1 Å². The van der Waals surface area contributed by atoms with Crippen LogP contribution < -0.4 is 14.2 Å². The summed E-state index contributed by atoms with van der Waals surface area (Å²) < 4.78 is 38.4. The van der Waals surface area contributed by atoms with Gasteiger partial charge in [0.25, 0.3) is 0 Å². The van der Waals surface area contributed by atoms with Gasteiger partial charge < -0.3 is 14.2 Å². The molecule has 0 spiro atoms. The van der Waals surface area contributed by atoms with Crippen molar-refractivity contribution in [3.8, 4) is 17.2 Å². The first-order chi connectivity index (χ1) is 7.08. The quantitative estimate of drug-likeness (QED) is 0.777. The van der Waals surface area contributed by atoms with E-state index < -0.39 is 6.61 Å². The zero-order valence-electron chi connectivity index (χ0n) is 8.71. The largest absolute Gasteiger partial charge is 0.493 e. The van der Waals surface area contributed by atoms with Gasteiger partial charge in [0.2, 0.25) is 5.75 Å². The van der Waals surface area contributed by atoms with Gasteiger partial charge in [-0.25, -0.2) is 0 Å². The van der Waals surface area contributed by atoms with Crippen LogP contribution in [0.2, 0.25) is 0 Å². The maximum Gasteiger partial charge on any atom is 0.387 e. The van der Waals surface area contributed by atoms with Crippen LogP contribution in [0.5, 0.6) is 17.2 Å². The Morgan fingerprint density at radius 3 is 1.87 bits per heavy atom. The van der Waals surface area contributed by atoms with E-state index >= 15 is 0 Å². The molecule has 5 heteroatoms. The van der Waals surface area contributed by atoms with Crippen molar-refractivity contribution in [2.45, 2.75) is 13.5 Å². The van der Waals surface area contributed by atoms with Crippen molar-refractivity contribution in [3.05, 3.63) is 17.7 Å². The molecule has 0 aromatic heterocycles. The van der Waals surface area contributed by atoms with E-state index in [2.05, 4.69) is 4.74 Å². The van der Waals surface area contributed by atoms with Gasteiger partial charge in [0, 0.05) is 0 Å². The third-order valence-electron chi connectivity index (χ3n) is 1.81. The third kappa shape index (κ3) is 2.71. The van der Waals surface area contributed by atoms with Crippen LogP contribution in [0.25, 0.3) is 0 Å². The number of alkyl halides is 2. The summed E-state index contributed by atoms with van der Waals surface area (Å²) in [5, 5.41) is 0. The Kier molecular flexibility index (Phi) is 3.71. The number of rotatable bonds is 4. The van der Waals surface area contributed by atoms with Crippen molar-refractivity contribution in [1.82, 2.24) is 0 Å². The number of hydrogen-bond acceptors (Lipinski definition) is 3. The summed E-state index contributed by atoms with van der Waals surface area (Å²) in [5.41, 5.74) is 0.838. The maximum absolute atomic E-state index is 12.1. The van der Waals surface area contributed by atoms with Gasteiger partial charge in [-0.2, -0.15) is 8.78 Å². The van der Waals surface area contributed by atoms with Crippen LogP contribution in [0.1, 0.15) is 5.56 Å². The molecule has 0 heterocycles. The second-order valence-electron chi connectivity index (χ2n) is 2.88. The average molecular weight is 218 g/mol. The molecule has 0 aliphatic rings. The number of aryl methyl sites for hydroxylation is 1. The maximum atomic E-state index is 12.1. The number of benzene rings is 1. The SMILES string of the molecule is COc1cc(C)cc(OC)c1OC(F)F. The zero-order chi connectivity index (χ0) is 11.4. The Labute approximate surface area is 86.6 Å². The molecule has 0 atom stereocenters. The van der Waals surface area contributed by atoms with Gasteiger partial charge in [-0.3, -0.25) is 0 Å². The Hall–Kier alpha value is -1.52. The Morgan fingerprint density at radius 2 is 1.53 bits per heavy atom. The van der Waals surface area contributed by atoms with Crippen LogP contribution in [0, 0.1) is 6.92 Å². The first-order valence-electron chi connectivity index (χ1n) is 4.26. The number of halogens is 2. The van der Waals surface area contributed by atoms with E-state index in [0.29, 0.717) is 0 Å². The van der Waals surface area contributed by atoms with Crippen LogP contribution in [0.4, 0.5) is 8.78 Å². The van der Waals surface area contributed by atoms with Crippen LogP contribution in [-0.2, 0) is 0 Å². The lowest BCUT2D eigenvalue weighted by Gasteiger charge is -2.14.